The number of ether oxygens (including phenoxy) is 2. The Balaban J connectivity index is 1.58. The van der Waals surface area contributed by atoms with Crippen molar-refractivity contribution in [2.75, 3.05) is 30.6 Å². The first-order valence-corrected chi connectivity index (χ1v) is 10.1. The Morgan fingerprint density at radius 1 is 0.900 bits per heavy atom. The van der Waals surface area contributed by atoms with Crippen molar-refractivity contribution in [3.8, 4) is 11.5 Å². The van der Waals surface area contributed by atoms with Gasteiger partial charge in [-0.1, -0.05) is 12.1 Å². The van der Waals surface area contributed by atoms with Crippen LogP contribution in [0.3, 0.4) is 0 Å². The van der Waals surface area contributed by atoms with E-state index in [0.29, 0.717) is 28.6 Å². The highest BCUT2D eigenvalue weighted by atomic mass is 32.2. The van der Waals surface area contributed by atoms with E-state index in [2.05, 4.69) is 15.6 Å². The van der Waals surface area contributed by atoms with E-state index in [1.807, 2.05) is 18.2 Å². The van der Waals surface area contributed by atoms with E-state index in [0.717, 1.165) is 4.90 Å². The van der Waals surface area contributed by atoms with E-state index in [1.54, 1.807) is 48.7 Å². The molecule has 2 aromatic carbocycles. The van der Waals surface area contributed by atoms with Crippen LogP contribution in [-0.2, 0) is 4.79 Å². The summed E-state index contributed by atoms with van der Waals surface area (Å²) in [5.41, 5.74) is 0.947. The molecule has 7 nitrogen and oxygen atoms in total. The molecule has 30 heavy (non-hydrogen) atoms. The number of aromatic nitrogens is 1. The summed E-state index contributed by atoms with van der Waals surface area (Å²) < 4.78 is 10.6. The lowest BCUT2D eigenvalue weighted by Crippen LogP contribution is -2.15. The van der Waals surface area contributed by atoms with Crippen LogP contribution in [0.15, 0.2) is 71.8 Å². The van der Waals surface area contributed by atoms with Gasteiger partial charge in [-0.15, -0.1) is 11.8 Å². The zero-order valence-electron chi connectivity index (χ0n) is 16.5. The molecule has 154 valence electrons. The van der Waals surface area contributed by atoms with Gasteiger partial charge in [-0.05, 0) is 48.5 Å². The summed E-state index contributed by atoms with van der Waals surface area (Å²) in [7, 11) is 3.00. The monoisotopic (exact) mass is 423 g/mol. The van der Waals surface area contributed by atoms with Gasteiger partial charge in [0.25, 0.3) is 5.91 Å². The fourth-order valence-corrected chi connectivity index (χ4v) is 3.37. The Bertz CT molecular complexity index is 988. The second-order valence-corrected chi connectivity index (χ2v) is 7.12. The van der Waals surface area contributed by atoms with Gasteiger partial charge in [0.15, 0.2) is 0 Å². The van der Waals surface area contributed by atoms with E-state index in [1.165, 1.54) is 26.0 Å². The molecule has 1 heterocycles. The van der Waals surface area contributed by atoms with Crippen LogP contribution in [0.1, 0.15) is 10.4 Å². The van der Waals surface area contributed by atoms with Gasteiger partial charge < -0.3 is 20.1 Å². The van der Waals surface area contributed by atoms with Gasteiger partial charge in [-0.2, -0.15) is 0 Å². The van der Waals surface area contributed by atoms with Gasteiger partial charge in [-0.25, -0.2) is 4.98 Å². The number of hydrogen-bond donors (Lipinski definition) is 2. The second-order valence-electron chi connectivity index (χ2n) is 6.07. The molecule has 0 fully saturated rings. The third-order valence-electron chi connectivity index (χ3n) is 4.07. The highest BCUT2D eigenvalue weighted by Crippen LogP contribution is 2.29. The van der Waals surface area contributed by atoms with Gasteiger partial charge in [0.05, 0.1) is 20.0 Å². The number of carbonyl (C=O) groups is 2. The zero-order chi connectivity index (χ0) is 21.3. The molecule has 0 aliphatic heterocycles. The molecule has 0 saturated heterocycles. The van der Waals surface area contributed by atoms with Crippen LogP contribution in [0.5, 0.6) is 11.5 Å². The average Bonchev–Trinajstić information content (AvgIpc) is 2.78. The van der Waals surface area contributed by atoms with Crippen LogP contribution < -0.4 is 20.1 Å². The Hall–Kier alpha value is -3.52. The number of anilines is 2. The van der Waals surface area contributed by atoms with E-state index in [9.17, 15) is 9.59 Å². The molecule has 0 saturated carbocycles. The van der Waals surface area contributed by atoms with Crippen LogP contribution >= 0.6 is 11.8 Å². The van der Waals surface area contributed by atoms with Crippen LogP contribution in [-0.4, -0.2) is 36.8 Å². The van der Waals surface area contributed by atoms with E-state index in [-0.39, 0.29) is 17.6 Å². The number of hydrogen-bond acceptors (Lipinski definition) is 6. The summed E-state index contributed by atoms with van der Waals surface area (Å²) in [5.74, 6) is 1.16. The topological polar surface area (TPSA) is 89.5 Å². The van der Waals surface area contributed by atoms with Crippen molar-refractivity contribution in [2.24, 2.45) is 0 Å². The number of thioether (sulfide) groups is 1. The zero-order valence-corrected chi connectivity index (χ0v) is 17.4. The number of methoxy groups -OCH3 is 2. The minimum absolute atomic E-state index is 0.139. The number of nitrogens with one attached hydrogen (secondary N) is 2. The van der Waals surface area contributed by atoms with E-state index >= 15 is 0 Å². The molecule has 0 spiro atoms. The normalized spacial score (nSPS) is 10.2. The number of nitrogens with zero attached hydrogens (tertiary/aromatic N) is 1. The Morgan fingerprint density at radius 2 is 1.60 bits per heavy atom. The lowest BCUT2D eigenvalue weighted by atomic mass is 10.1. The number of carbonyl (C=O) groups excluding carboxylic acids is 2. The highest BCUT2D eigenvalue weighted by Gasteiger charge is 2.18. The quantitative estimate of drug-likeness (QED) is 0.531. The SMILES string of the molecule is COc1cccc(OC)c1C(=O)Nc1ccc(SCC(=O)Nc2ccccn2)cc1. The first-order chi connectivity index (χ1) is 14.6. The van der Waals surface area contributed by atoms with Gasteiger partial charge in [0, 0.05) is 16.8 Å². The molecule has 0 aliphatic carbocycles. The molecule has 0 radical (unpaired) electrons. The summed E-state index contributed by atoms with van der Waals surface area (Å²) >= 11 is 1.39. The lowest BCUT2D eigenvalue weighted by Gasteiger charge is -2.13. The standard InChI is InChI=1S/C22H21N3O4S/c1-28-17-6-5-7-18(29-2)21(17)22(27)24-15-9-11-16(12-10-15)30-14-20(26)25-19-8-3-4-13-23-19/h3-13H,14H2,1-2H3,(H,24,27)(H,23,25,26). The molecule has 0 atom stereocenters. The molecular formula is C22H21N3O4S. The Morgan fingerprint density at radius 3 is 2.20 bits per heavy atom. The van der Waals surface area contributed by atoms with Crippen molar-refractivity contribution in [1.82, 2.24) is 4.98 Å². The molecule has 3 rings (SSSR count). The van der Waals surface area contributed by atoms with Gasteiger partial charge >= 0.3 is 0 Å². The molecule has 2 amide bonds. The number of amides is 2. The van der Waals surface area contributed by atoms with Gasteiger partial charge in [0.2, 0.25) is 5.91 Å². The number of benzene rings is 2. The third-order valence-corrected chi connectivity index (χ3v) is 5.08. The summed E-state index contributed by atoms with van der Waals surface area (Å²) in [6.45, 7) is 0. The first-order valence-electron chi connectivity index (χ1n) is 9.07. The van der Waals surface area contributed by atoms with Gasteiger partial charge in [-0.3, -0.25) is 9.59 Å². The van der Waals surface area contributed by atoms with E-state index in [4.69, 9.17) is 9.47 Å². The van der Waals surface area contributed by atoms with Crippen molar-refractivity contribution in [2.45, 2.75) is 4.90 Å². The third kappa shape index (κ3) is 5.51. The molecule has 0 aliphatic rings. The minimum atomic E-state index is -0.334. The van der Waals surface area contributed by atoms with Crippen LogP contribution in [0, 0.1) is 0 Å². The fraction of sp³-hybridized carbons (Fsp3) is 0.136. The number of pyridine rings is 1. The van der Waals surface area contributed by atoms with Crippen molar-refractivity contribution >= 4 is 35.1 Å². The molecule has 0 unspecified atom stereocenters. The smallest absolute Gasteiger partial charge is 0.263 e. The van der Waals surface area contributed by atoms with Crippen LogP contribution in [0.4, 0.5) is 11.5 Å². The maximum Gasteiger partial charge on any atom is 0.263 e. The highest BCUT2D eigenvalue weighted by molar-refractivity contribution is 8.00. The summed E-state index contributed by atoms with van der Waals surface area (Å²) in [5, 5.41) is 5.57. The van der Waals surface area contributed by atoms with Crippen molar-refractivity contribution in [1.29, 1.82) is 0 Å². The van der Waals surface area contributed by atoms with Crippen LogP contribution in [0.2, 0.25) is 0 Å². The lowest BCUT2D eigenvalue weighted by molar-refractivity contribution is -0.113. The average molecular weight is 423 g/mol. The second kappa shape index (κ2) is 10.3. The molecule has 1 aromatic heterocycles. The van der Waals surface area contributed by atoms with Crippen molar-refractivity contribution in [3.63, 3.8) is 0 Å². The summed E-state index contributed by atoms with van der Waals surface area (Å²) in [4.78, 5) is 29.7. The molecule has 8 heteroatoms. The van der Waals surface area contributed by atoms with Gasteiger partial charge in [0.1, 0.15) is 22.9 Å². The summed E-state index contributed by atoms with van der Waals surface area (Å²) in [6.07, 6.45) is 1.62. The minimum Gasteiger partial charge on any atom is -0.496 e. The van der Waals surface area contributed by atoms with Crippen molar-refractivity contribution in [3.05, 3.63) is 72.4 Å². The predicted molar refractivity (Wildman–Crippen MR) is 118 cm³/mol. The predicted octanol–water partition coefficient (Wildman–Crippen LogP) is 4.08. The van der Waals surface area contributed by atoms with E-state index < -0.39 is 0 Å². The Labute approximate surface area is 178 Å². The first kappa shape index (κ1) is 21.2. The fourth-order valence-electron chi connectivity index (χ4n) is 2.67. The molecule has 0 bridgehead atoms. The Kier molecular flexibility index (Phi) is 7.29. The largest absolute Gasteiger partial charge is 0.496 e. The van der Waals surface area contributed by atoms with Crippen LogP contribution in [0.25, 0.3) is 0 Å². The number of rotatable bonds is 8. The maximum absolute atomic E-state index is 12.7. The van der Waals surface area contributed by atoms with Crippen molar-refractivity contribution < 1.29 is 19.1 Å². The maximum atomic E-state index is 12.7. The molecular weight excluding hydrogens is 402 g/mol. The molecule has 2 N–H and O–H groups in total. The molecule has 3 aromatic rings. The summed E-state index contributed by atoms with van der Waals surface area (Å²) in [6, 6.07) is 17.7.